The van der Waals surface area contributed by atoms with E-state index in [1.165, 1.54) is 4.90 Å². The molecule has 0 bridgehead atoms. The van der Waals surface area contributed by atoms with Gasteiger partial charge in [0.1, 0.15) is 0 Å². The molecule has 2 aromatic heterocycles. The van der Waals surface area contributed by atoms with Gasteiger partial charge in [0, 0.05) is 28.8 Å². The molecule has 0 radical (unpaired) electrons. The minimum absolute atomic E-state index is 0.0698. The van der Waals surface area contributed by atoms with Crippen LogP contribution in [-0.4, -0.2) is 45.1 Å². The molecule has 1 amide bonds. The molecule has 0 aliphatic carbocycles. The van der Waals surface area contributed by atoms with E-state index in [2.05, 4.69) is 42.8 Å². The summed E-state index contributed by atoms with van der Waals surface area (Å²) >= 11 is 2.21. The van der Waals surface area contributed by atoms with Gasteiger partial charge in [-0.3, -0.25) is 4.79 Å². The molecule has 9 heteroatoms. The molecule has 0 unspecified atom stereocenters. The van der Waals surface area contributed by atoms with Crippen LogP contribution in [-0.2, 0) is 0 Å². The average molecular weight is 512 g/mol. The number of hydrogen-bond acceptors (Lipinski definition) is 7. The first-order chi connectivity index (χ1) is 14.4. The third-order valence-electron chi connectivity index (χ3n) is 4.37. The van der Waals surface area contributed by atoms with Crippen molar-refractivity contribution in [3.05, 3.63) is 63.9 Å². The maximum atomic E-state index is 12.1. The first-order valence-corrected chi connectivity index (χ1v) is 10.1. The van der Waals surface area contributed by atoms with Gasteiger partial charge in [-0.25, -0.2) is 9.97 Å². The maximum Gasteiger partial charge on any atom is 0.270 e. The SMILES string of the molecule is CN(C)C(=O)c1ccc(-c2cnc(N)c(-c3nnc(-c4ccccc4I)o3)n2)cc1. The second-order valence-corrected chi connectivity index (χ2v) is 7.82. The number of nitrogens with two attached hydrogens (primary N) is 1. The van der Waals surface area contributed by atoms with Gasteiger partial charge < -0.3 is 15.1 Å². The number of carbonyl (C=O) groups excluding carboxylic acids is 1. The highest BCUT2D eigenvalue weighted by Gasteiger charge is 2.18. The molecule has 2 aromatic carbocycles. The normalized spacial score (nSPS) is 10.8. The van der Waals surface area contributed by atoms with Crippen LogP contribution in [0.25, 0.3) is 34.3 Å². The van der Waals surface area contributed by atoms with Gasteiger partial charge in [-0.1, -0.05) is 24.3 Å². The van der Waals surface area contributed by atoms with E-state index >= 15 is 0 Å². The van der Waals surface area contributed by atoms with Gasteiger partial charge in [-0.2, -0.15) is 0 Å². The Morgan fingerprint density at radius 3 is 2.43 bits per heavy atom. The van der Waals surface area contributed by atoms with Crippen molar-refractivity contribution in [2.24, 2.45) is 0 Å². The molecule has 0 atom stereocenters. The first-order valence-electron chi connectivity index (χ1n) is 8.97. The Balaban J connectivity index is 1.68. The molecule has 2 N–H and O–H groups in total. The van der Waals surface area contributed by atoms with Gasteiger partial charge in [0.05, 0.1) is 17.5 Å². The first kappa shape index (κ1) is 20.0. The summed E-state index contributed by atoms with van der Waals surface area (Å²) in [7, 11) is 3.42. The molecule has 0 saturated heterocycles. The van der Waals surface area contributed by atoms with E-state index < -0.39 is 0 Å². The third-order valence-corrected chi connectivity index (χ3v) is 5.31. The maximum absolute atomic E-state index is 12.1. The molecule has 4 aromatic rings. The summed E-state index contributed by atoms with van der Waals surface area (Å²) in [6.45, 7) is 0. The monoisotopic (exact) mass is 512 g/mol. The Labute approximate surface area is 186 Å². The predicted octanol–water partition coefficient (Wildman–Crippen LogP) is 3.75. The number of hydrogen-bond donors (Lipinski definition) is 1. The van der Waals surface area contributed by atoms with Gasteiger partial charge >= 0.3 is 0 Å². The van der Waals surface area contributed by atoms with Gasteiger partial charge in [-0.15, -0.1) is 10.2 Å². The van der Waals surface area contributed by atoms with Crippen molar-refractivity contribution in [2.75, 3.05) is 19.8 Å². The molecule has 4 rings (SSSR count). The van der Waals surface area contributed by atoms with E-state index in [9.17, 15) is 4.79 Å². The van der Waals surface area contributed by atoms with Gasteiger partial charge in [-0.05, 0) is 46.9 Å². The third kappa shape index (κ3) is 3.88. The topological polar surface area (TPSA) is 111 Å². The number of carbonyl (C=O) groups is 1. The van der Waals surface area contributed by atoms with E-state index in [0.717, 1.165) is 14.7 Å². The summed E-state index contributed by atoms with van der Waals surface area (Å²) in [5, 5.41) is 8.23. The molecule has 8 nitrogen and oxygen atoms in total. The fourth-order valence-corrected chi connectivity index (χ4v) is 3.42. The Morgan fingerprint density at radius 2 is 1.73 bits per heavy atom. The molecule has 0 aliphatic heterocycles. The van der Waals surface area contributed by atoms with E-state index in [1.807, 2.05) is 36.4 Å². The van der Waals surface area contributed by atoms with Crippen LogP contribution in [0.15, 0.2) is 59.1 Å². The van der Waals surface area contributed by atoms with Crippen molar-refractivity contribution in [1.82, 2.24) is 25.1 Å². The highest BCUT2D eigenvalue weighted by molar-refractivity contribution is 14.1. The van der Waals surface area contributed by atoms with Gasteiger partial charge in [0.2, 0.25) is 5.89 Å². The van der Waals surface area contributed by atoms with E-state index in [1.54, 1.807) is 32.4 Å². The van der Waals surface area contributed by atoms with Crippen LogP contribution in [0.4, 0.5) is 5.82 Å². The molecular formula is C21H17IN6O2. The molecular weight excluding hydrogens is 495 g/mol. The summed E-state index contributed by atoms with van der Waals surface area (Å²) in [6.07, 6.45) is 1.57. The van der Waals surface area contributed by atoms with E-state index in [-0.39, 0.29) is 17.6 Å². The van der Waals surface area contributed by atoms with E-state index in [0.29, 0.717) is 22.8 Å². The van der Waals surface area contributed by atoms with Crippen molar-refractivity contribution < 1.29 is 9.21 Å². The predicted molar refractivity (Wildman–Crippen MR) is 121 cm³/mol. The Kier molecular flexibility index (Phi) is 5.44. The van der Waals surface area contributed by atoms with Crippen LogP contribution in [0.1, 0.15) is 10.4 Å². The van der Waals surface area contributed by atoms with Gasteiger partial charge in [0.25, 0.3) is 11.8 Å². The smallest absolute Gasteiger partial charge is 0.270 e. The fraction of sp³-hybridized carbons (Fsp3) is 0.0952. The highest BCUT2D eigenvalue weighted by Crippen LogP contribution is 2.29. The largest absolute Gasteiger partial charge is 0.414 e. The minimum Gasteiger partial charge on any atom is -0.414 e. The number of anilines is 1. The Morgan fingerprint density at radius 1 is 1.03 bits per heavy atom. The second-order valence-electron chi connectivity index (χ2n) is 6.66. The van der Waals surface area contributed by atoms with Gasteiger partial charge in [0.15, 0.2) is 11.5 Å². The summed E-state index contributed by atoms with van der Waals surface area (Å²) in [5.74, 6) is 0.694. The standard InChI is InChI=1S/C21H17IN6O2/c1-28(2)21(29)13-9-7-12(8-10-13)16-11-24-18(23)17(25-16)20-27-26-19(30-20)14-5-3-4-6-15(14)22/h3-11H,1-2H3,(H2,23,24). The van der Waals surface area contributed by atoms with Crippen molar-refractivity contribution in [2.45, 2.75) is 0 Å². The number of benzene rings is 2. The van der Waals surface area contributed by atoms with Crippen LogP contribution in [0, 0.1) is 3.57 Å². The molecule has 0 saturated carbocycles. The Hall–Kier alpha value is -3.34. The van der Waals surface area contributed by atoms with Crippen molar-refractivity contribution >= 4 is 34.3 Å². The Bertz CT molecular complexity index is 1220. The number of amides is 1. The molecule has 0 fully saturated rings. The fourth-order valence-electron chi connectivity index (χ4n) is 2.80. The molecule has 30 heavy (non-hydrogen) atoms. The second kappa shape index (κ2) is 8.19. The molecule has 150 valence electrons. The van der Waals surface area contributed by atoms with Crippen molar-refractivity contribution in [3.8, 4) is 34.3 Å². The summed E-state index contributed by atoms with van der Waals surface area (Å²) in [4.78, 5) is 22.4. The van der Waals surface area contributed by atoms with Crippen LogP contribution in [0.5, 0.6) is 0 Å². The van der Waals surface area contributed by atoms with Crippen molar-refractivity contribution in [1.29, 1.82) is 0 Å². The van der Waals surface area contributed by atoms with Crippen molar-refractivity contribution in [3.63, 3.8) is 0 Å². The number of halogens is 1. The lowest BCUT2D eigenvalue weighted by molar-refractivity contribution is 0.0827. The zero-order valence-electron chi connectivity index (χ0n) is 16.2. The number of aromatic nitrogens is 4. The van der Waals surface area contributed by atoms with Crippen LogP contribution < -0.4 is 5.73 Å². The summed E-state index contributed by atoms with van der Waals surface area (Å²) < 4.78 is 6.82. The molecule has 2 heterocycles. The summed E-state index contributed by atoms with van der Waals surface area (Å²) in [5.41, 5.74) is 9.12. The van der Waals surface area contributed by atoms with Crippen LogP contribution in [0.3, 0.4) is 0 Å². The highest BCUT2D eigenvalue weighted by atomic mass is 127. The zero-order valence-corrected chi connectivity index (χ0v) is 18.4. The number of nitrogens with zero attached hydrogens (tertiary/aromatic N) is 5. The summed E-state index contributed by atoms with van der Waals surface area (Å²) in [6, 6.07) is 14.8. The van der Waals surface area contributed by atoms with Crippen LogP contribution in [0.2, 0.25) is 0 Å². The quantitative estimate of drug-likeness (QED) is 0.415. The minimum atomic E-state index is -0.0698. The number of nitrogen functional groups attached to an aromatic ring is 1. The lowest BCUT2D eigenvalue weighted by Crippen LogP contribution is -2.21. The average Bonchev–Trinajstić information content (AvgIpc) is 3.23. The molecule has 0 spiro atoms. The van der Waals surface area contributed by atoms with E-state index in [4.69, 9.17) is 10.2 Å². The molecule has 0 aliphatic rings. The lowest BCUT2D eigenvalue weighted by Gasteiger charge is -2.10. The lowest BCUT2D eigenvalue weighted by atomic mass is 10.1. The number of rotatable bonds is 4. The van der Waals surface area contributed by atoms with Crippen LogP contribution >= 0.6 is 22.6 Å². The zero-order chi connectivity index (χ0) is 21.3.